The molecule has 0 aliphatic heterocycles. The number of ether oxygens (including phenoxy) is 3. The van der Waals surface area contributed by atoms with Crippen LogP contribution in [0.5, 0.6) is 5.75 Å². The zero-order valence-electron chi connectivity index (χ0n) is 21.5. The molecule has 2 atom stereocenters. The normalized spacial score (nSPS) is 12.8. The summed E-state index contributed by atoms with van der Waals surface area (Å²) < 4.78 is 15.6. The van der Waals surface area contributed by atoms with E-state index in [-0.39, 0.29) is 42.8 Å². The summed E-state index contributed by atoms with van der Waals surface area (Å²) in [6.45, 7) is 8.94. The number of esters is 1. The molecule has 0 aliphatic carbocycles. The first-order valence-electron chi connectivity index (χ1n) is 11.7. The second-order valence-corrected chi connectivity index (χ2v) is 9.45. The zero-order chi connectivity index (χ0) is 28.3. The second kappa shape index (κ2) is 14.0. The van der Waals surface area contributed by atoms with Crippen LogP contribution >= 0.6 is 0 Å². The van der Waals surface area contributed by atoms with Crippen molar-refractivity contribution in [1.29, 1.82) is 0 Å². The van der Waals surface area contributed by atoms with Crippen LogP contribution < -0.4 is 10.1 Å². The smallest absolute Gasteiger partial charge is 0.407 e. The van der Waals surface area contributed by atoms with Gasteiger partial charge in [-0.3, -0.25) is 19.7 Å². The van der Waals surface area contributed by atoms with Gasteiger partial charge in [0.25, 0.3) is 0 Å². The monoisotopic (exact) mass is 526 g/mol. The van der Waals surface area contributed by atoms with E-state index in [4.69, 9.17) is 14.2 Å². The van der Waals surface area contributed by atoms with Crippen molar-refractivity contribution in [2.45, 2.75) is 66.0 Å². The highest BCUT2D eigenvalue weighted by atomic mass is 16.6. The average molecular weight is 527 g/mol. The Labute approximate surface area is 214 Å². The fourth-order valence-corrected chi connectivity index (χ4v) is 3.23. The predicted molar refractivity (Wildman–Crippen MR) is 129 cm³/mol. The number of amides is 1. The van der Waals surface area contributed by atoms with E-state index in [1.54, 1.807) is 13.8 Å². The molecular formula is C24H34N2O11. The van der Waals surface area contributed by atoms with Crippen molar-refractivity contribution < 1.29 is 48.5 Å². The van der Waals surface area contributed by atoms with Gasteiger partial charge < -0.3 is 29.7 Å². The first-order chi connectivity index (χ1) is 17.2. The lowest BCUT2D eigenvalue weighted by molar-refractivity contribution is -0.386. The minimum absolute atomic E-state index is 0.0215. The summed E-state index contributed by atoms with van der Waals surface area (Å²) in [7, 11) is 0. The average Bonchev–Trinajstić information content (AvgIpc) is 2.77. The van der Waals surface area contributed by atoms with Gasteiger partial charge in [-0.1, -0.05) is 40.2 Å². The number of hydrogen-bond acceptors (Lipinski definition) is 9. The molecule has 0 spiro atoms. The van der Waals surface area contributed by atoms with Crippen molar-refractivity contribution in [2.75, 3.05) is 13.2 Å². The Balaban J connectivity index is 3.24. The fraction of sp³-hybridized carbons (Fsp3) is 0.583. The molecule has 0 saturated carbocycles. The van der Waals surface area contributed by atoms with E-state index >= 15 is 0 Å². The third-order valence-electron chi connectivity index (χ3n) is 4.91. The van der Waals surface area contributed by atoms with E-state index in [1.807, 2.05) is 20.8 Å². The Morgan fingerprint density at radius 2 is 1.70 bits per heavy atom. The largest absolute Gasteiger partial charge is 0.482 e. The standard InChI is InChI=1S/C24H34N2O11/c1-6-8-18(19(20(27)28)21(29)30)37-17-10-9-14(12-16(17)26(33)34)11-15(22(31)35-7-2)25-23(32)36-13-24(3,4)5/h9-10,12,15,18-19H,6-8,11,13H2,1-5H3,(H,25,32)(H,27,28)(H,29,30)/t15-,18-/m0/s1. The third-order valence-corrected chi connectivity index (χ3v) is 4.91. The quantitative estimate of drug-likeness (QED) is 0.140. The van der Waals surface area contributed by atoms with Gasteiger partial charge in [-0.25, -0.2) is 9.59 Å². The van der Waals surface area contributed by atoms with Gasteiger partial charge in [-0.05, 0) is 30.4 Å². The van der Waals surface area contributed by atoms with E-state index < -0.39 is 52.7 Å². The molecule has 0 unspecified atom stereocenters. The number of carbonyl (C=O) groups excluding carboxylic acids is 2. The van der Waals surface area contributed by atoms with Gasteiger partial charge in [0, 0.05) is 12.5 Å². The Hall–Kier alpha value is -3.90. The number of rotatable bonds is 14. The molecule has 0 heterocycles. The van der Waals surface area contributed by atoms with Gasteiger partial charge >= 0.3 is 29.7 Å². The molecule has 13 nitrogen and oxygen atoms in total. The lowest BCUT2D eigenvalue weighted by Gasteiger charge is -2.22. The van der Waals surface area contributed by atoms with Gasteiger partial charge in [0.1, 0.15) is 12.1 Å². The highest BCUT2D eigenvalue weighted by Crippen LogP contribution is 2.31. The molecule has 13 heteroatoms. The maximum Gasteiger partial charge on any atom is 0.407 e. The highest BCUT2D eigenvalue weighted by Gasteiger charge is 2.37. The van der Waals surface area contributed by atoms with Crippen LogP contribution in [0.4, 0.5) is 10.5 Å². The summed E-state index contributed by atoms with van der Waals surface area (Å²) in [5, 5.41) is 32.8. The van der Waals surface area contributed by atoms with Crippen LogP contribution in [0.25, 0.3) is 0 Å². The predicted octanol–water partition coefficient (Wildman–Crippen LogP) is 3.17. The van der Waals surface area contributed by atoms with Crippen LogP contribution in [0.3, 0.4) is 0 Å². The molecule has 0 bridgehead atoms. The van der Waals surface area contributed by atoms with E-state index in [2.05, 4.69) is 5.32 Å². The number of aliphatic carboxylic acids is 2. The Morgan fingerprint density at radius 3 is 2.19 bits per heavy atom. The number of benzene rings is 1. The van der Waals surface area contributed by atoms with Crippen molar-refractivity contribution in [3.05, 3.63) is 33.9 Å². The third kappa shape index (κ3) is 10.3. The highest BCUT2D eigenvalue weighted by molar-refractivity contribution is 5.93. The molecular weight excluding hydrogens is 492 g/mol. The molecule has 1 aromatic rings. The number of nitro benzene ring substituents is 1. The van der Waals surface area contributed by atoms with Crippen molar-refractivity contribution in [2.24, 2.45) is 11.3 Å². The van der Waals surface area contributed by atoms with Gasteiger partial charge in [0.05, 0.1) is 18.1 Å². The Bertz CT molecular complexity index is 973. The van der Waals surface area contributed by atoms with Crippen LogP contribution in [0.1, 0.15) is 53.0 Å². The van der Waals surface area contributed by atoms with Crippen LogP contribution in [-0.4, -0.2) is 64.5 Å². The van der Waals surface area contributed by atoms with Crippen LogP contribution in [0.15, 0.2) is 18.2 Å². The van der Waals surface area contributed by atoms with Crippen LogP contribution in [0, 0.1) is 21.4 Å². The number of alkyl carbamates (subject to hydrolysis) is 1. The number of hydrogen-bond donors (Lipinski definition) is 3. The topological polar surface area (TPSA) is 192 Å². The summed E-state index contributed by atoms with van der Waals surface area (Å²) in [5.74, 6) is -6.30. The molecule has 206 valence electrons. The summed E-state index contributed by atoms with van der Waals surface area (Å²) in [6, 6.07) is 2.46. The van der Waals surface area contributed by atoms with Crippen molar-refractivity contribution in [1.82, 2.24) is 5.32 Å². The summed E-state index contributed by atoms with van der Waals surface area (Å²) in [6.07, 6.45) is -2.02. The second-order valence-electron chi connectivity index (χ2n) is 9.45. The van der Waals surface area contributed by atoms with Gasteiger partial charge in [0.2, 0.25) is 0 Å². The molecule has 0 saturated heterocycles. The van der Waals surface area contributed by atoms with Crippen LogP contribution in [0.2, 0.25) is 0 Å². The summed E-state index contributed by atoms with van der Waals surface area (Å²) >= 11 is 0. The molecule has 0 aromatic heterocycles. The van der Waals surface area contributed by atoms with E-state index in [0.29, 0.717) is 6.42 Å². The fourth-order valence-electron chi connectivity index (χ4n) is 3.23. The zero-order valence-corrected chi connectivity index (χ0v) is 21.5. The number of carbonyl (C=O) groups is 4. The van der Waals surface area contributed by atoms with Gasteiger partial charge in [0.15, 0.2) is 11.7 Å². The molecule has 0 fully saturated rings. The van der Waals surface area contributed by atoms with Crippen molar-refractivity contribution in [3.63, 3.8) is 0 Å². The van der Waals surface area contributed by atoms with Gasteiger partial charge in [-0.15, -0.1) is 0 Å². The van der Waals surface area contributed by atoms with E-state index in [1.165, 1.54) is 12.1 Å². The Kier molecular flexibility index (Phi) is 11.8. The molecule has 1 aromatic carbocycles. The van der Waals surface area contributed by atoms with Crippen molar-refractivity contribution in [3.8, 4) is 5.75 Å². The van der Waals surface area contributed by atoms with Crippen LogP contribution in [-0.2, 0) is 30.3 Å². The van der Waals surface area contributed by atoms with Crippen molar-refractivity contribution >= 4 is 29.7 Å². The minimum Gasteiger partial charge on any atom is -0.482 e. The van der Waals surface area contributed by atoms with E-state index in [0.717, 1.165) is 6.07 Å². The lowest BCUT2D eigenvalue weighted by atomic mass is 9.98. The molecule has 37 heavy (non-hydrogen) atoms. The summed E-state index contributed by atoms with van der Waals surface area (Å²) in [5.41, 5.74) is -0.623. The SMILES string of the molecule is CCC[C@H](Oc1ccc(C[C@H](NC(=O)OCC(C)(C)C)C(=O)OCC)cc1[N+](=O)[O-])C(C(=O)O)C(=O)O. The van der Waals surface area contributed by atoms with Gasteiger partial charge in [-0.2, -0.15) is 0 Å². The summed E-state index contributed by atoms with van der Waals surface area (Å²) in [4.78, 5) is 58.5. The number of carboxylic acids is 2. The molecule has 1 rings (SSSR count). The molecule has 0 aliphatic rings. The maximum atomic E-state index is 12.4. The lowest BCUT2D eigenvalue weighted by Crippen LogP contribution is -2.44. The number of nitrogens with one attached hydrogen (secondary N) is 1. The maximum absolute atomic E-state index is 12.4. The molecule has 1 amide bonds. The molecule has 3 N–H and O–H groups in total. The number of nitro groups is 1. The first kappa shape index (κ1) is 31.1. The first-order valence-corrected chi connectivity index (χ1v) is 11.7. The molecule has 0 radical (unpaired) electrons. The number of carboxylic acid groups (broad SMARTS) is 2. The van der Waals surface area contributed by atoms with E-state index in [9.17, 15) is 39.5 Å². The Morgan fingerprint density at radius 1 is 1.08 bits per heavy atom. The minimum atomic E-state index is -1.93. The number of nitrogens with zero attached hydrogens (tertiary/aromatic N) is 1.